The van der Waals surface area contributed by atoms with Gasteiger partial charge in [0.2, 0.25) is 0 Å². The molecule has 1 fully saturated rings. The first-order valence-electron chi connectivity index (χ1n) is 5.64. The van der Waals surface area contributed by atoms with Crippen LogP contribution in [-0.4, -0.2) is 34.2 Å². The molecule has 1 aromatic rings. The summed E-state index contributed by atoms with van der Waals surface area (Å²) < 4.78 is 5.62. The maximum atomic E-state index is 11.1. The molecular formula is C11H15NO3S2. The van der Waals surface area contributed by atoms with Gasteiger partial charge in [-0.15, -0.1) is 11.3 Å². The second-order valence-electron chi connectivity index (χ2n) is 3.82. The Balaban J connectivity index is 2.22. The predicted octanol–water partition coefficient (Wildman–Crippen LogP) is 2.60. The van der Waals surface area contributed by atoms with Crippen LogP contribution in [0.3, 0.4) is 0 Å². The van der Waals surface area contributed by atoms with Crippen molar-refractivity contribution >= 4 is 29.1 Å². The van der Waals surface area contributed by atoms with Crippen LogP contribution in [-0.2, 0) is 11.2 Å². The number of aryl methyl sites for hydroxylation is 1. The summed E-state index contributed by atoms with van der Waals surface area (Å²) in [6.07, 6.45) is 1.60. The molecule has 1 aromatic heterocycles. The van der Waals surface area contributed by atoms with Crippen molar-refractivity contribution in [3.63, 3.8) is 0 Å². The smallest absolute Gasteiger partial charge is 0.347 e. The number of hydrogen-bond donors (Lipinski definition) is 1. The standard InChI is InChI=1S/C11H15NO3S2/c1-2-3-7-9(11(13)14)17-10(12-7)8-6-16-5-4-15-8/h8H,2-6H2,1H3,(H,13,14). The molecule has 94 valence electrons. The van der Waals surface area contributed by atoms with Gasteiger partial charge >= 0.3 is 5.97 Å². The summed E-state index contributed by atoms with van der Waals surface area (Å²) in [7, 11) is 0. The van der Waals surface area contributed by atoms with Gasteiger partial charge in [0.25, 0.3) is 0 Å². The summed E-state index contributed by atoms with van der Waals surface area (Å²) in [6.45, 7) is 2.75. The number of thioether (sulfide) groups is 1. The maximum Gasteiger partial charge on any atom is 0.347 e. The molecule has 0 aromatic carbocycles. The molecule has 1 aliphatic heterocycles. The van der Waals surface area contributed by atoms with Crippen molar-refractivity contribution in [3.05, 3.63) is 15.6 Å². The van der Waals surface area contributed by atoms with Crippen LogP contribution in [0.15, 0.2) is 0 Å². The van der Waals surface area contributed by atoms with Crippen molar-refractivity contribution in [1.29, 1.82) is 0 Å². The molecular weight excluding hydrogens is 258 g/mol. The third-order valence-corrected chi connectivity index (χ3v) is 4.66. The van der Waals surface area contributed by atoms with Crippen LogP contribution in [0.25, 0.3) is 0 Å². The number of aromatic nitrogens is 1. The van der Waals surface area contributed by atoms with Crippen molar-refractivity contribution < 1.29 is 14.6 Å². The second-order valence-corrected chi connectivity index (χ2v) is 6.00. The van der Waals surface area contributed by atoms with Crippen molar-refractivity contribution in [2.75, 3.05) is 18.1 Å². The molecule has 0 saturated carbocycles. The van der Waals surface area contributed by atoms with Gasteiger partial charge in [0.05, 0.1) is 12.3 Å². The fourth-order valence-corrected chi connectivity index (χ4v) is 3.67. The Morgan fingerprint density at radius 1 is 1.65 bits per heavy atom. The van der Waals surface area contributed by atoms with Crippen molar-refractivity contribution in [3.8, 4) is 0 Å². The molecule has 1 unspecified atom stereocenters. The van der Waals surface area contributed by atoms with Gasteiger partial charge in [-0.2, -0.15) is 11.8 Å². The van der Waals surface area contributed by atoms with Gasteiger partial charge in [0, 0.05) is 11.5 Å². The van der Waals surface area contributed by atoms with Gasteiger partial charge < -0.3 is 9.84 Å². The summed E-state index contributed by atoms with van der Waals surface area (Å²) in [4.78, 5) is 15.9. The van der Waals surface area contributed by atoms with E-state index in [9.17, 15) is 4.79 Å². The predicted molar refractivity (Wildman–Crippen MR) is 69.1 cm³/mol. The lowest BCUT2D eigenvalue weighted by Crippen LogP contribution is -2.15. The Morgan fingerprint density at radius 2 is 2.47 bits per heavy atom. The van der Waals surface area contributed by atoms with Gasteiger partial charge in [-0.3, -0.25) is 0 Å². The van der Waals surface area contributed by atoms with E-state index in [0.29, 0.717) is 10.6 Å². The molecule has 1 aliphatic rings. The Labute approximate surface area is 108 Å². The topological polar surface area (TPSA) is 59.4 Å². The number of rotatable bonds is 4. The fraction of sp³-hybridized carbons (Fsp3) is 0.636. The molecule has 1 N–H and O–H groups in total. The van der Waals surface area contributed by atoms with Crippen molar-refractivity contribution in [1.82, 2.24) is 4.98 Å². The number of nitrogens with zero attached hydrogens (tertiary/aromatic N) is 1. The number of carboxylic acids is 1. The second kappa shape index (κ2) is 5.84. The minimum Gasteiger partial charge on any atom is -0.477 e. The number of ether oxygens (including phenoxy) is 1. The van der Waals surface area contributed by atoms with Crippen LogP contribution in [0.4, 0.5) is 0 Å². The van der Waals surface area contributed by atoms with Crippen LogP contribution in [0.1, 0.15) is 39.8 Å². The van der Waals surface area contributed by atoms with Crippen molar-refractivity contribution in [2.24, 2.45) is 0 Å². The molecule has 0 radical (unpaired) electrons. The minimum atomic E-state index is -0.874. The van der Waals surface area contributed by atoms with E-state index in [2.05, 4.69) is 4.98 Å². The molecule has 1 saturated heterocycles. The van der Waals surface area contributed by atoms with Crippen molar-refractivity contribution in [2.45, 2.75) is 25.9 Å². The highest BCUT2D eigenvalue weighted by atomic mass is 32.2. The maximum absolute atomic E-state index is 11.1. The van der Waals surface area contributed by atoms with E-state index in [0.717, 1.165) is 36.0 Å². The zero-order valence-corrected chi connectivity index (χ0v) is 11.3. The first-order valence-corrected chi connectivity index (χ1v) is 7.61. The highest BCUT2D eigenvalue weighted by Gasteiger charge is 2.24. The SMILES string of the molecule is CCCc1nc(C2CSCCO2)sc1C(=O)O. The summed E-state index contributed by atoms with van der Waals surface area (Å²) in [5, 5.41) is 9.95. The average Bonchev–Trinajstić information content (AvgIpc) is 2.75. The van der Waals surface area contributed by atoms with Gasteiger partial charge in [0.15, 0.2) is 0 Å². The van der Waals surface area contributed by atoms with E-state index in [-0.39, 0.29) is 6.10 Å². The van der Waals surface area contributed by atoms with E-state index in [4.69, 9.17) is 9.84 Å². The average molecular weight is 273 g/mol. The summed E-state index contributed by atoms with van der Waals surface area (Å²) >= 11 is 3.09. The summed E-state index contributed by atoms with van der Waals surface area (Å²) in [5.41, 5.74) is 0.708. The Kier molecular flexibility index (Phi) is 4.42. The summed E-state index contributed by atoms with van der Waals surface area (Å²) in [6, 6.07) is 0. The summed E-state index contributed by atoms with van der Waals surface area (Å²) in [5.74, 6) is 1.01. The van der Waals surface area contributed by atoms with E-state index < -0.39 is 5.97 Å². The third-order valence-electron chi connectivity index (χ3n) is 2.49. The van der Waals surface area contributed by atoms with Crippen LogP contribution in [0.2, 0.25) is 0 Å². The number of hydrogen-bond acceptors (Lipinski definition) is 5. The number of thiazole rings is 1. The fourth-order valence-electron chi connectivity index (χ4n) is 1.71. The molecule has 6 heteroatoms. The number of carboxylic acid groups (broad SMARTS) is 1. The molecule has 2 heterocycles. The van der Waals surface area contributed by atoms with Crippen LogP contribution in [0, 0.1) is 0 Å². The zero-order chi connectivity index (χ0) is 12.3. The highest BCUT2D eigenvalue weighted by Crippen LogP contribution is 2.31. The van der Waals surface area contributed by atoms with Gasteiger partial charge in [0.1, 0.15) is 16.0 Å². The third kappa shape index (κ3) is 3.00. The molecule has 2 rings (SSSR count). The van der Waals surface area contributed by atoms with Gasteiger partial charge in [-0.25, -0.2) is 9.78 Å². The van der Waals surface area contributed by atoms with E-state index in [1.807, 2.05) is 18.7 Å². The van der Waals surface area contributed by atoms with Crippen LogP contribution >= 0.6 is 23.1 Å². The quantitative estimate of drug-likeness (QED) is 0.913. The normalized spacial score (nSPS) is 20.4. The lowest BCUT2D eigenvalue weighted by molar-refractivity contribution is 0.0700. The van der Waals surface area contributed by atoms with E-state index >= 15 is 0 Å². The van der Waals surface area contributed by atoms with E-state index in [1.165, 1.54) is 11.3 Å². The van der Waals surface area contributed by atoms with Crippen LogP contribution in [0.5, 0.6) is 0 Å². The Morgan fingerprint density at radius 3 is 3.06 bits per heavy atom. The van der Waals surface area contributed by atoms with Gasteiger partial charge in [-0.1, -0.05) is 13.3 Å². The lowest BCUT2D eigenvalue weighted by Gasteiger charge is -2.19. The molecule has 0 amide bonds. The lowest BCUT2D eigenvalue weighted by atomic mass is 10.2. The first-order chi connectivity index (χ1) is 8.22. The zero-order valence-electron chi connectivity index (χ0n) is 9.64. The van der Waals surface area contributed by atoms with E-state index in [1.54, 1.807) is 0 Å². The Bertz CT molecular complexity index is 399. The largest absolute Gasteiger partial charge is 0.477 e. The monoisotopic (exact) mass is 273 g/mol. The molecule has 4 nitrogen and oxygen atoms in total. The number of carbonyl (C=O) groups is 1. The molecule has 0 spiro atoms. The molecule has 1 atom stereocenters. The first kappa shape index (κ1) is 12.9. The molecule has 0 aliphatic carbocycles. The molecule has 0 bridgehead atoms. The Hall–Kier alpha value is -0.590. The number of aromatic carboxylic acids is 1. The van der Waals surface area contributed by atoms with Crippen LogP contribution < -0.4 is 0 Å². The van der Waals surface area contributed by atoms with Gasteiger partial charge in [-0.05, 0) is 6.42 Å². The molecule has 17 heavy (non-hydrogen) atoms. The minimum absolute atomic E-state index is 0.0255. The highest BCUT2D eigenvalue weighted by molar-refractivity contribution is 7.99.